The van der Waals surface area contributed by atoms with Crippen LogP contribution in [0.2, 0.25) is 0 Å². The van der Waals surface area contributed by atoms with Crippen LogP contribution in [0.5, 0.6) is 5.75 Å². The number of aliphatic carboxylic acids is 1. The molecule has 1 saturated carbocycles. The van der Waals surface area contributed by atoms with Crippen molar-refractivity contribution in [2.45, 2.75) is 24.7 Å². The highest BCUT2D eigenvalue weighted by molar-refractivity contribution is 5.82. The van der Waals surface area contributed by atoms with Crippen molar-refractivity contribution in [2.24, 2.45) is 0 Å². The van der Waals surface area contributed by atoms with E-state index >= 15 is 0 Å². The molecule has 4 heteroatoms. The Morgan fingerprint density at radius 1 is 1.40 bits per heavy atom. The van der Waals surface area contributed by atoms with Gasteiger partial charge in [0.25, 0.3) is 0 Å². The summed E-state index contributed by atoms with van der Waals surface area (Å²) in [6, 6.07) is 3.75. The summed E-state index contributed by atoms with van der Waals surface area (Å²) < 4.78 is 12.8. The van der Waals surface area contributed by atoms with Crippen LogP contribution in [0.25, 0.3) is 0 Å². The van der Waals surface area contributed by atoms with Gasteiger partial charge in [0.1, 0.15) is 0 Å². The van der Waals surface area contributed by atoms with Crippen molar-refractivity contribution in [3.05, 3.63) is 29.6 Å². The van der Waals surface area contributed by atoms with E-state index in [-0.39, 0.29) is 0 Å². The third-order valence-electron chi connectivity index (χ3n) is 3.12. The molecule has 0 aliphatic heterocycles. The number of phenols is 1. The molecular formula is C11H11FO3. The van der Waals surface area contributed by atoms with Gasteiger partial charge >= 0.3 is 5.97 Å². The molecule has 0 saturated heterocycles. The van der Waals surface area contributed by atoms with Crippen LogP contribution in [-0.4, -0.2) is 16.2 Å². The average molecular weight is 210 g/mol. The molecule has 2 N–H and O–H groups in total. The highest BCUT2D eigenvalue weighted by Gasteiger charge is 2.46. The van der Waals surface area contributed by atoms with E-state index in [4.69, 9.17) is 5.11 Å². The van der Waals surface area contributed by atoms with Crippen molar-refractivity contribution in [1.29, 1.82) is 0 Å². The number of phenolic OH excluding ortho intramolecular Hbond substituents is 1. The van der Waals surface area contributed by atoms with E-state index in [1.54, 1.807) is 0 Å². The maximum Gasteiger partial charge on any atom is 0.314 e. The van der Waals surface area contributed by atoms with Gasteiger partial charge in [0.15, 0.2) is 11.6 Å². The Labute approximate surface area is 86.2 Å². The van der Waals surface area contributed by atoms with Gasteiger partial charge in [-0.05, 0) is 30.5 Å². The zero-order chi connectivity index (χ0) is 11.1. The number of aromatic hydroxyl groups is 1. The highest BCUT2D eigenvalue weighted by Crippen LogP contribution is 2.44. The topological polar surface area (TPSA) is 57.5 Å². The molecule has 1 fully saturated rings. The fraction of sp³-hybridized carbons (Fsp3) is 0.364. The van der Waals surface area contributed by atoms with Gasteiger partial charge in [0, 0.05) is 0 Å². The lowest BCUT2D eigenvalue weighted by atomic mass is 9.64. The molecule has 3 nitrogen and oxygen atoms in total. The minimum absolute atomic E-state index is 0.486. The first-order valence-electron chi connectivity index (χ1n) is 4.79. The Balaban J connectivity index is 2.44. The monoisotopic (exact) mass is 210 g/mol. The number of benzene rings is 1. The van der Waals surface area contributed by atoms with Gasteiger partial charge in [-0.15, -0.1) is 0 Å². The second-order valence-electron chi connectivity index (χ2n) is 3.91. The molecule has 0 atom stereocenters. The zero-order valence-corrected chi connectivity index (χ0v) is 8.03. The molecule has 1 aromatic carbocycles. The summed E-state index contributed by atoms with van der Waals surface area (Å²) in [6.45, 7) is 0. The van der Waals surface area contributed by atoms with Crippen LogP contribution in [0.1, 0.15) is 24.8 Å². The van der Waals surface area contributed by atoms with Crippen LogP contribution in [0, 0.1) is 5.82 Å². The van der Waals surface area contributed by atoms with Crippen LogP contribution in [-0.2, 0) is 10.2 Å². The van der Waals surface area contributed by atoms with Gasteiger partial charge in [-0.2, -0.15) is 0 Å². The van der Waals surface area contributed by atoms with E-state index in [1.807, 2.05) is 0 Å². The second-order valence-corrected chi connectivity index (χ2v) is 3.91. The molecule has 1 aliphatic carbocycles. The summed E-state index contributed by atoms with van der Waals surface area (Å²) in [4.78, 5) is 11.1. The van der Waals surface area contributed by atoms with Gasteiger partial charge in [0.2, 0.25) is 0 Å². The van der Waals surface area contributed by atoms with E-state index < -0.39 is 23.0 Å². The first kappa shape index (κ1) is 9.96. The number of carboxylic acids is 1. The molecular weight excluding hydrogens is 199 g/mol. The second kappa shape index (κ2) is 3.22. The Morgan fingerprint density at radius 3 is 2.47 bits per heavy atom. The molecule has 0 aromatic heterocycles. The quantitative estimate of drug-likeness (QED) is 0.785. The third kappa shape index (κ3) is 1.37. The van der Waals surface area contributed by atoms with Gasteiger partial charge in [-0.1, -0.05) is 12.5 Å². The molecule has 2 rings (SSSR count). The predicted octanol–water partition coefficient (Wildman–Crippen LogP) is 2.04. The smallest absolute Gasteiger partial charge is 0.314 e. The fourth-order valence-corrected chi connectivity index (χ4v) is 1.97. The lowest BCUT2D eigenvalue weighted by Gasteiger charge is -2.38. The summed E-state index contributed by atoms with van der Waals surface area (Å²) in [7, 11) is 0. The molecule has 15 heavy (non-hydrogen) atoms. The van der Waals surface area contributed by atoms with Gasteiger partial charge < -0.3 is 10.2 Å². The van der Waals surface area contributed by atoms with E-state index in [1.165, 1.54) is 12.1 Å². The van der Waals surface area contributed by atoms with Crippen LogP contribution in [0.3, 0.4) is 0 Å². The van der Waals surface area contributed by atoms with Crippen LogP contribution >= 0.6 is 0 Å². The normalized spacial score (nSPS) is 18.2. The van der Waals surface area contributed by atoms with Crippen molar-refractivity contribution in [3.63, 3.8) is 0 Å². The van der Waals surface area contributed by atoms with Crippen LogP contribution in [0.15, 0.2) is 18.2 Å². The first-order valence-corrected chi connectivity index (χ1v) is 4.79. The van der Waals surface area contributed by atoms with E-state index in [2.05, 4.69) is 0 Å². The first-order chi connectivity index (χ1) is 7.06. The van der Waals surface area contributed by atoms with E-state index in [0.717, 1.165) is 12.5 Å². The number of hydrogen-bond donors (Lipinski definition) is 2. The summed E-state index contributed by atoms with van der Waals surface area (Å²) in [5.74, 6) is -2.11. The number of hydrogen-bond acceptors (Lipinski definition) is 2. The Kier molecular flexibility index (Phi) is 2.14. The molecule has 80 valence electrons. The molecule has 1 aliphatic rings. The maximum absolute atomic E-state index is 12.8. The summed E-state index contributed by atoms with van der Waals surface area (Å²) >= 11 is 0. The Hall–Kier alpha value is -1.58. The molecule has 1 aromatic rings. The van der Waals surface area contributed by atoms with Gasteiger partial charge in [0.05, 0.1) is 5.41 Å². The number of halogens is 1. The molecule has 0 amide bonds. The number of carbonyl (C=O) groups is 1. The minimum Gasteiger partial charge on any atom is -0.505 e. The SMILES string of the molecule is O=C(O)C1(c2ccc(F)c(O)c2)CCC1. The highest BCUT2D eigenvalue weighted by atomic mass is 19.1. The maximum atomic E-state index is 12.8. The van der Waals surface area contributed by atoms with Crippen molar-refractivity contribution in [3.8, 4) is 5.75 Å². The zero-order valence-electron chi connectivity index (χ0n) is 8.03. The van der Waals surface area contributed by atoms with Crippen LogP contribution in [0.4, 0.5) is 4.39 Å². The fourth-order valence-electron chi connectivity index (χ4n) is 1.97. The third-order valence-corrected chi connectivity index (χ3v) is 3.12. The summed E-state index contributed by atoms with van der Waals surface area (Å²) in [6.07, 6.45) is 1.95. The van der Waals surface area contributed by atoms with Crippen molar-refractivity contribution < 1.29 is 19.4 Å². The molecule has 0 heterocycles. The summed E-state index contributed by atoms with van der Waals surface area (Å²) in [5.41, 5.74) is -0.425. The number of rotatable bonds is 2. The van der Waals surface area contributed by atoms with Crippen molar-refractivity contribution >= 4 is 5.97 Å². The summed E-state index contributed by atoms with van der Waals surface area (Å²) in [5, 5.41) is 18.3. The molecule has 0 bridgehead atoms. The lowest BCUT2D eigenvalue weighted by Crippen LogP contribution is -2.42. The molecule has 0 radical (unpaired) electrons. The largest absolute Gasteiger partial charge is 0.505 e. The van der Waals surface area contributed by atoms with Crippen molar-refractivity contribution in [1.82, 2.24) is 0 Å². The van der Waals surface area contributed by atoms with E-state index in [0.29, 0.717) is 18.4 Å². The lowest BCUT2D eigenvalue weighted by molar-refractivity contribution is -0.147. The van der Waals surface area contributed by atoms with Gasteiger partial charge in [-0.3, -0.25) is 4.79 Å². The van der Waals surface area contributed by atoms with Crippen molar-refractivity contribution in [2.75, 3.05) is 0 Å². The molecule has 0 spiro atoms. The number of carboxylic acid groups (broad SMARTS) is 1. The minimum atomic E-state index is -0.912. The van der Waals surface area contributed by atoms with E-state index in [9.17, 15) is 14.3 Å². The Bertz CT molecular complexity index is 410. The van der Waals surface area contributed by atoms with Crippen LogP contribution < -0.4 is 0 Å². The average Bonchev–Trinajstić information content (AvgIpc) is 2.08. The molecule has 0 unspecified atom stereocenters. The van der Waals surface area contributed by atoms with Gasteiger partial charge in [-0.25, -0.2) is 4.39 Å². The standard InChI is InChI=1S/C11H11FO3/c12-8-3-2-7(6-9(8)13)11(10(14)15)4-1-5-11/h2-3,6,13H,1,4-5H2,(H,14,15). The predicted molar refractivity (Wildman–Crippen MR) is 51.2 cm³/mol. The Morgan fingerprint density at radius 2 is 2.07 bits per heavy atom.